The van der Waals surface area contributed by atoms with Crippen LogP contribution in [0.4, 0.5) is 15.8 Å². The number of benzene rings is 2. The van der Waals surface area contributed by atoms with E-state index in [9.17, 15) is 8.60 Å². The third-order valence-electron chi connectivity index (χ3n) is 3.88. The SMILES string of the molecule is COCCOS(=O)c1cc2c(Nc3ccc(Cl)cc3F)ccnc2cc1OC. The van der Waals surface area contributed by atoms with Gasteiger partial charge in [-0.3, -0.25) is 9.17 Å². The zero-order chi connectivity index (χ0) is 20.1. The van der Waals surface area contributed by atoms with Crippen molar-refractivity contribution >= 4 is 45.0 Å². The number of pyridine rings is 1. The normalized spacial score (nSPS) is 12.1. The Bertz CT molecular complexity index is 1020. The van der Waals surface area contributed by atoms with Crippen LogP contribution in [-0.4, -0.2) is 36.6 Å². The van der Waals surface area contributed by atoms with Crippen molar-refractivity contribution in [3.05, 3.63) is 53.4 Å². The Morgan fingerprint density at radius 1 is 1.14 bits per heavy atom. The molecule has 1 unspecified atom stereocenters. The largest absolute Gasteiger partial charge is 0.495 e. The van der Waals surface area contributed by atoms with Gasteiger partial charge in [0.1, 0.15) is 16.5 Å². The molecule has 1 atom stereocenters. The number of anilines is 2. The molecule has 0 saturated carbocycles. The van der Waals surface area contributed by atoms with E-state index in [2.05, 4.69) is 10.3 Å². The average Bonchev–Trinajstić information content (AvgIpc) is 2.69. The van der Waals surface area contributed by atoms with Crippen molar-refractivity contribution in [3.8, 4) is 5.75 Å². The summed E-state index contributed by atoms with van der Waals surface area (Å²) in [5.74, 6) is -0.108. The van der Waals surface area contributed by atoms with Gasteiger partial charge in [-0.05, 0) is 30.3 Å². The lowest BCUT2D eigenvalue weighted by atomic mass is 10.1. The first-order valence-electron chi connectivity index (χ1n) is 8.26. The van der Waals surface area contributed by atoms with E-state index in [1.54, 1.807) is 36.5 Å². The third-order valence-corrected chi connectivity index (χ3v) is 5.18. The Morgan fingerprint density at radius 2 is 1.96 bits per heavy atom. The van der Waals surface area contributed by atoms with Crippen LogP contribution < -0.4 is 10.1 Å². The van der Waals surface area contributed by atoms with Gasteiger partial charge < -0.3 is 14.8 Å². The molecule has 3 aromatic rings. The van der Waals surface area contributed by atoms with Crippen LogP contribution in [0.3, 0.4) is 0 Å². The van der Waals surface area contributed by atoms with Crippen molar-refractivity contribution in [1.82, 2.24) is 4.98 Å². The van der Waals surface area contributed by atoms with E-state index in [1.165, 1.54) is 20.3 Å². The summed E-state index contributed by atoms with van der Waals surface area (Å²) in [5.41, 5.74) is 1.43. The van der Waals surface area contributed by atoms with Crippen LogP contribution in [0.15, 0.2) is 47.5 Å². The average molecular weight is 425 g/mol. The van der Waals surface area contributed by atoms with Crippen LogP contribution in [0, 0.1) is 5.82 Å². The van der Waals surface area contributed by atoms with E-state index < -0.39 is 16.9 Å². The van der Waals surface area contributed by atoms with Crippen LogP contribution in [0.5, 0.6) is 5.75 Å². The number of ether oxygens (including phenoxy) is 2. The van der Waals surface area contributed by atoms with Gasteiger partial charge in [0.05, 0.1) is 31.5 Å². The second-order valence-corrected chi connectivity index (χ2v) is 7.26. The lowest BCUT2D eigenvalue weighted by Crippen LogP contribution is -2.06. The standard InChI is InChI=1S/C19H18ClFN2O4S/c1-25-7-8-27-28(24)19-10-13-15(5-6-22-17(13)11-18(19)26-2)23-16-4-3-12(20)9-14(16)21/h3-6,9-11H,7-8H2,1-2H3,(H,22,23). The molecule has 0 bridgehead atoms. The van der Waals surface area contributed by atoms with Gasteiger partial charge in [0.15, 0.2) is 11.1 Å². The fraction of sp³-hybridized carbons (Fsp3) is 0.211. The van der Waals surface area contributed by atoms with Crippen LogP contribution in [-0.2, 0) is 20.0 Å². The van der Waals surface area contributed by atoms with E-state index in [0.29, 0.717) is 38.9 Å². The summed E-state index contributed by atoms with van der Waals surface area (Å²) >= 11 is 4.04. The first-order valence-corrected chi connectivity index (χ1v) is 9.71. The first kappa shape index (κ1) is 20.5. The zero-order valence-corrected chi connectivity index (χ0v) is 16.8. The maximum Gasteiger partial charge on any atom is 0.193 e. The molecule has 0 fully saturated rings. The monoisotopic (exact) mass is 424 g/mol. The molecule has 0 spiro atoms. The van der Waals surface area contributed by atoms with Crippen molar-refractivity contribution in [3.63, 3.8) is 0 Å². The van der Waals surface area contributed by atoms with Gasteiger partial charge in [0.25, 0.3) is 0 Å². The van der Waals surface area contributed by atoms with Crippen molar-refractivity contribution in [2.24, 2.45) is 0 Å². The van der Waals surface area contributed by atoms with Crippen molar-refractivity contribution in [1.29, 1.82) is 0 Å². The van der Waals surface area contributed by atoms with E-state index in [0.717, 1.165) is 0 Å². The summed E-state index contributed by atoms with van der Waals surface area (Å²) in [6.45, 7) is 0.476. The predicted molar refractivity (Wildman–Crippen MR) is 107 cm³/mol. The number of hydrogen-bond donors (Lipinski definition) is 1. The van der Waals surface area contributed by atoms with Crippen molar-refractivity contribution in [2.45, 2.75) is 4.90 Å². The molecular formula is C19H18ClFN2O4S. The summed E-state index contributed by atoms with van der Waals surface area (Å²) in [6.07, 6.45) is 1.59. The highest BCUT2D eigenvalue weighted by molar-refractivity contribution is 7.80. The van der Waals surface area contributed by atoms with E-state index >= 15 is 0 Å². The maximum absolute atomic E-state index is 14.2. The summed E-state index contributed by atoms with van der Waals surface area (Å²) in [6, 6.07) is 9.36. The molecule has 28 heavy (non-hydrogen) atoms. The van der Waals surface area contributed by atoms with Gasteiger partial charge in [-0.15, -0.1) is 0 Å². The molecule has 0 saturated heterocycles. The third kappa shape index (κ3) is 4.59. The topological polar surface area (TPSA) is 69.7 Å². The van der Waals surface area contributed by atoms with Crippen LogP contribution in [0.25, 0.3) is 10.9 Å². The molecule has 3 rings (SSSR count). The van der Waals surface area contributed by atoms with E-state index in [1.807, 2.05) is 0 Å². The molecule has 0 aliphatic carbocycles. The summed E-state index contributed by atoms with van der Waals surface area (Å²) in [5, 5.41) is 3.96. The highest BCUT2D eigenvalue weighted by Crippen LogP contribution is 2.33. The molecule has 9 heteroatoms. The number of fused-ring (bicyclic) bond motifs is 1. The number of halogens is 2. The molecule has 0 amide bonds. The summed E-state index contributed by atoms with van der Waals surface area (Å²) < 4.78 is 42.3. The first-order chi connectivity index (χ1) is 13.5. The number of aromatic nitrogens is 1. The highest BCUT2D eigenvalue weighted by Gasteiger charge is 2.16. The number of rotatable bonds is 8. The minimum Gasteiger partial charge on any atom is -0.495 e. The molecular weight excluding hydrogens is 407 g/mol. The molecule has 148 valence electrons. The zero-order valence-electron chi connectivity index (χ0n) is 15.2. The number of hydrogen-bond acceptors (Lipinski definition) is 6. The Morgan fingerprint density at radius 3 is 2.68 bits per heavy atom. The Labute approximate surface area is 169 Å². The number of nitrogens with one attached hydrogen (secondary N) is 1. The predicted octanol–water partition coefficient (Wildman–Crippen LogP) is 4.47. The number of methoxy groups -OCH3 is 2. The minimum absolute atomic E-state index is 0.165. The molecule has 1 N–H and O–H groups in total. The van der Waals surface area contributed by atoms with Gasteiger partial charge >= 0.3 is 0 Å². The molecule has 1 heterocycles. The van der Waals surface area contributed by atoms with Crippen LogP contribution in [0.2, 0.25) is 5.02 Å². The van der Waals surface area contributed by atoms with Gasteiger partial charge in [-0.25, -0.2) is 8.60 Å². The Balaban J connectivity index is 2.02. The second kappa shape index (κ2) is 9.29. The van der Waals surface area contributed by atoms with Gasteiger partial charge in [-0.1, -0.05) is 11.6 Å². The minimum atomic E-state index is -1.77. The van der Waals surface area contributed by atoms with E-state index in [4.69, 9.17) is 25.3 Å². The lowest BCUT2D eigenvalue weighted by Gasteiger charge is -2.14. The molecule has 0 aliphatic rings. The summed E-state index contributed by atoms with van der Waals surface area (Å²) in [4.78, 5) is 4.66. The molecule has 0 radical (unpaired) electrons. The van der Waals surface area contributed by atoms with Crippen LogP contribution >= 0.6 is 11.6 Å². The molecule has 6 nitrogen and oxygen atoms in total. The Hall–Kier alpha value is -2.26. The quantitative estimate of drug-likeness (QED) is 0.538. The fourth-order valence-corrected chi connectivity index (χ4v) is 3.57. The van der Waals surface area contributed by atoms with Gasteiger partial charge in [0, 0.05) is 35.5 Å². The number of nitrogens with zero attached hydrogens (tertiary/aromatic N) is 1. The van der Waals surface area contributed by atoms with Gasteiger partial charge in [-0.2, -0.15) is 0 Å². The fourth-order valence-electron chi connectivity index (χ4n) is 2.54. The van der Waals surface area contributed by atoms with E-state index in [-0.39, 0.29) is 12.3 Å². The van der Waals surface area contributed by atoms with Crippen molar-refractivity contribution < 1.29 is 22.3 Å². The Kier molecular flexibility index (Phi) is 6.79. The molecule has 2 aromatic carbocycles. The summed E-state index contributed by atoms with van der Waals surface area (Å²) in [7, 11) is 3.00. The smallest absolute Gasteiger partial charge is 0.193 e. The molecule has 1 aromatic heterocycles. The second-order valence-electron chi connectivity index (χ2n) is 5.68. The molecule has 0 aliphatic heterocycles. The highest BCUT2D eigenvalue weighted by atomic mass is 35.5. The lowest BCUT2D eigenvalue weighted by molar-refractivity contribution is 0.153. The maximum atomic E-state index is 14.2. The van der Waals surface area contributed by atoms with Gasteiger partial charge in [0.2, 0.25) is 0 Å². The van der Waals surface area contributed by atoms with Crippen LogP contribution in [0.1, 0.15) is 0 Å². The van der Waals surface area contributed by atoms with Crippen molar-refractivity contribution in [2.75, 3.05) is 32.8 Å².